The van der Waals surface area contributed by atoms with Crippen molar-refractivity contribution in [1.82, 2.24) is 10.2 Å². The lowest BCUT2D eigenvalue weighted by Crippen LogP contribution is -2.40. The minimum atomic E-state index is -0.166. The highest BCUT2D eigenvalue weighted by molar-refractivity contribution is 5.94. The van der Waals surface area contributed by atoms with Gasteiger partial charge >= 0.3 is 0 Å². The smallest absolute Gasteiger partial charge is 0.238 e. The molecule has 122 valence electrons. The molecule has 0 aliphatic heterocycles. The summed E-state index contributed by atoms with van der Waals surface area (Å²) in [7, 11) is 3.15. The maximum absolute atomic E-state index is 12.2. The first-order valence-corrected chi connectivity index (χ1v) is 7.37. The first-order chi connectivity index (χ1) is 10.5. The number of amides is 2. The Labute approximate surface area is 131 Å². The molecule has 2 N–H and O–H groups in total. The van der Waals surface area contributed by atoms with Crippen LogP contribution in [0, 0.1) is 6.92 Å². The first-order valence-electron chi connectivity index (χ1n) is 7.37. The van der Waals surface area contributed by atoms with Gasteiger partial charge in [0.05, 0.1) is 25.9 Å². The van der Waals surface area contributed by atoms with Crippen LogP contribution < -0.4 is 15.4 Å². The fraction of sp³-hybridized carbons (Fsp3) is 0.500. The van der Waals surface area contributed by atoms with E-state index in [2.05, 4.69) is 10.6 Å². The average molecular weight is 307 g/mol. The van der Waals surface area contributed by atoms with Crippen LogP contribution in [0.4, 0.5) is 5.69 Å². The highest BCUT2D eigenvalue weighted by Crippen LogP contribution is 2.25. The van der Waals surface area contributed by atoms with Gasteiger partial charge in [-0.1, -0.05) is 13.0 Å². The molecule has 22 heavy (non-hydrogen) atoms. The molecular formula is C16H25N3O3. The maximum Gasteiger partial charge on any atom is 0.238 e. The van der Waals surface area contributed by atoms with Gasteiger partial charge in [0.2, 0.25) is 11.8 Å². The van der Waals surface area contributed by atoms with Gasteiger partial charge in [0, 0.05) is 7.05 Å². The molecule has 0 unspecified atom stereocenters. The number of rotatable bonds is 8. The van der Waals surface area contributed by atoms with E-state index in [1.807, 2.05) is 36.9 Å². The Hall–Kier alpha value is -2.08. The Morgan fingerprint density at radius 3 is 2.50 bits per heavy atom. The minimum absolute atomic E-state index is 0.102. The third kappa shape index (κ3) is 5.73. The molecule has 0 fully saturated rings. The van der Waals surface area contributed by atoms with E-state index < -0.39 is 0 Å². The summed E-state index contributed by atoms with van der Waals surface area (Å²) < 4.78 is 5.24. The van der Waals surface area contributed by atoms with E-state index in [0.717, 1.165) is 12.0 Å². The molecule has 0 spiro atoms. The summed E-state index contributed by atoms with van der Waals surface area (Å²) >= 11 is 0. The Morgan fingerprint density at radius 1 is 1.23 bits per heavy atom. The summed E-state index contributed by atoms with van der Waals surface area (Å²) in [5, 5.41) is 5.42. The van der Waals surface area contributed by atoms with E-state index in [4.69, 9.17) is 4.74 Å². The van der Waals surface area contributed by atoms with Crippen LogP contribution in [-0.4, -0.2) is 50.5 Å². The normalized spacial score (nSPS) is 10.4. The van der Waals surface area contributed by atoms with Crippen LogP contribution in [0.15, 0.2) is 18.2 Å². The summed E-state index contributed by atoms with van der Waals surface area (Å²) in [6.07, 6.45) is 0.873. The third-order valence-corrected chi connectivity index (χ3v) is 3.18. The molecule has 0 heterocycles. The molecule has 0 aliphatic carbocycles. The van der Waals surface area contributed by atoms with E-state index >= 15 is 0 Å². The van der Waals surface area contributed by atoms with Crippen LogP contribution in [-0.2, 0) is 9.59 Å². The molecule has 0 atom stereocenters. The number of aryl methyl sites for hydroxylation is 1. The number of ether oxygens (including phenoxy) is 1. The molecule has 0 bridgehead atoms. The number of hydrogen-bond donors (Lipinski definition) is 2. The quantitative estimate of drug-likeness (QED) is 0.761. The first kappa shape index (κ1) is 18.0. The lowest BCUT2D eigenvalue weighted by atomic mass is 10.2. The van der Waals surface area contributed by atoms with E-state index in [9.17, 15) is 9.59 Å². The van der Waals surface area contributed by atoms with E-state index in [0.29, 0.717) is 18.0 Å². The number of hydrogen-bond acceptors (Lipinski definition) is 4. The van der Waals surface area contributed by atoms with Gasteiger partial charge in [0.15, 0.2) is 0 Å². The monoisotopic (exact) mass is 307 g/mol. The summed E-state index contributed by atoms with van der Waals surface area (Å²) in [4.78, 5) is 25.5. The van der Waals surface area contributed by atoms with Crippen LogP contribution in [0.3, 0.4) is 0 Å². The van der Waals surface area contributed by atoms with E-state index in [-0.39, 0.29) is 24.9 Å². The zero-order valence-electron chi connectivity index (χ0n) is 13.7. The number of carbonyl (C=O) groups is 2. The van der Waals surface area contributed by atoms with Crippen molar-refractivity contribution >= 4 is 17.5 Å². The van der Waals surface area contributed by atoms with Crippen molar-refractivity contribution < 1.29 is 14.3 Å². The molecule has 1 aromatic carbocycles. The Bertz CT molecular complexity index is 517. The molecule has 0 aromatic heterocycles. The number of nitrogens with one attached hydrogen (secondary N) is 2. The molecule has 6 nitrogen and oxygen atoms in total. The predicted molar refractivity (Wildman–Crippen MR) is 87.2 cm³/mol. The molecule has 1 aromatic rings. The predicted octanol–water partition coefficient (Wildman–Crippen LogP) is 1.40. The number of likely N-dealkylation sites (N-methyl/N-ethyl adjacent to an activating group) is 1. The van der Waals surface area contributed by atoms with Crippen molar-refractivity contribution in [3.8, 4) is 5.75 Å². The zero-order valence-corrected chi connectivity index (χ0v) is 13.7. The molecule has 1 rings (SSSR count). The van der Waals surface area contributed by atoms with Crippen molar-refractivity contribution in [2.45, 2.75) is 20.3 Å². The largest absolute Gasteiger partial charge is 0.495 e. The van der Waals surface area contributed by atoms with Gasteiger partial charge in [0.1, 0.15) is 5.75 Å². The molecule has 2 amide bonds. The van der Waals surface area contributed by atoms with Gasteiger partial charge in [0.25, 0.3) is 0 Å². The second kappa shape index (κ2) is 9.04. The van der Waals surface area contributed by atoms with Gasteiger partial charge in [-0.05, 0) is 37.6 Å². The van der Waals surface area contributed by atoms with Crippen LogP contribution in [0.1, 0.15) is 18.9 Å². The van der Waals surface area contributed by atoms with Crippen LogP contribution in [0.25, 0.3) is 0 Å². The van der Waals surface area contributed by atoms with E-state index in [1.165, 1.54) is 0 Å². The van der Waals surface area contributed by atoms with Gasteiger partial charge in [-0.2, -0.15) is 0 Å². The minimum Gasteiger partial charge on any atom is -0.495 e. The molecule has 0 aliphatic rings. The standard InChI is InChI=1S/C16H25N3O3/c1-5-8-19(10-15(20)17-3)11-16(21)18-13-9-12(2)6-7-14(13)22-4/h6-7,9H,5,8,10-11H2,1-4H3,(H,17,20)(H,18,21). The summed E-state index contributed by atoms with van der Waals surface area (Å²) in [5.41, 5.74) is 1.68. The lowest BCUT2D eigenvalue weighted by molar-refractivity contribution is -0.123. The van der Waals surface area contributed by atoms with Crippen molar-refractivity contribution in [2.24, 2.45) is 0 Å². The maximum atomic E-state index is 12.2. The molecule has 0 radical (unpaired) electrons. The Balaban J connectivity index is 2.70. The number of carbonyl (C=O) groups excluding carboxylic acids is 2. The molecular weight excluding hydrogens is 282 g/mol. The topological polar surface area (TPSA) is 70.7 Å². The van der Waals surface area contributed by atoms with Crippen LogP contribution >= 0.6 is 0 Å². The molecule has 0 saturated carbocycles. The number of benzene rings is 1. The van der Waals surface area contributed by atoms with Crippen molar-refractivity contribution in [3.63, 3.8) is 0 Å². The van der Waals surface area contributed by atoms with Crippen molar-refractivity contribution in [1.29, 1.82) is 0 Å². The molecule has 6 heteroatoms. The summed E-state index contributed by atoms with van der Waals surface area (Å²) in [5.74, 6) is 0.350. The fourth-order valence-electron chi connectivity index (χ4n) is 2.12. The Morgan fingerprint density at radius 2 is 1.91 bits per heavy atom. The Kier molecular flexibility index (Phi) is 7.39. The highest BCUT2D eigenvalue weighted by Gasteiger charge is 2.14. The van der Waals surface area contributed by atoms with Gasteiger partial charge in [-0.15, -0.1) is 0 Å². The van der Waals surface area contributed by atoms with Crippen molar-refractivity contribution in [2.75, 3.05) is 39.1 Å². The SMILES string of the molecule is CCCN(CC(=O)NC)CC(=O)Nc1cc(C)ccc1OC. The van der Waals surface area contributed by atoms with Crippen LogP contribution in [0.2, 0.25) is 0 Å². The zero-order chi connectivity index (χ0) is 16.5. The summed E-state index contributed by atoms with van der Waals surface area (Å²) in [6.45, 7) is 5.02. The number of methoxy groups -OCH3 is 1. The highest BCUT2D eigenvalue weighted by atomic mass is 16.5. The van der Waals surface area contributed by atoms with Crippen LogP contribution in [0.5, 0.6) is 5.75 Å². The van der Waals surface area contributed by atoms with Gasteiger partial charge in [-0.25, -0.2) is 0 Å². The third-order valence-electron chi connectivity index (χ3n) is 3.18. The summed E-state index contributed by atoms with van der Waals surface area (Å²) in [6, 6.07) is 5.60. The van der Waals surface area contributed by atoms with Gasteiger partial charge in [-0.3, -0.25) is 14.5 Å². The number of anilines is 1. The second-order valence-electron chi connectivity index (χ2n) is 5.14. The van der Waals surface area contributed by atoms with E-state index in [1.54, 1.807) is 14.2 Å². The lowest BCUT2D eigenvalue weighted by Gasteiger charge is -2.20. The fourth-order valence-corrected chi connectivity index (χ4v) is 2.12. The average Bonchev–Trinajstić information content (AvgIpc) is 2.47. The number of nitrogens with zero attached hydrogens (tertiary/aromatic N) is 1. The second-order valence-corrected chi connectivity index (χ2v) is 5.14. The molecule has 0 saturated heterocycles. The van der Waals surface area contributed by atoms with Gasteiger partial charge < -0.3 is 15.4 Å². The van der Waals surface area contributed by atoms with Crippen molar-refractivity contribution in [3.05, 3.63) is 23.8 Å².